The number of nitrogens with zero attached hydrogens (tertiary/aromatic N) is 2. The Morgan fingerprint density at radius 3 is 2.28 bits per heavy atom. The first-order valence-electron chi connectivity index (χ1n) is 22.7. The van der Waals surface area contributed by atoms with Gasteiger partial charge in [0.25, 0.3) is 6.02 Å². The lowest BCUT2D eigenvalue weighted by Crippen LogP contribution is -2.70. The van der Waals surface area contributed by atoms with Crippen LogP contribution in [0.3, 0.4) is 0 Å². The van der Waals surface area contributed by atoms with Crippen molar-refractivity contribution in [2.24, 2.45) is 22.7 Å². The Kier molecular flexibility index (Phi) is 16.1. The third-order valence-electron chi connectivity index (χ3n) is 14.2. The molecule has 4 aliphatic heterocycles. The minimum absolute atomic E-state index is 0.0797. The average Bonchev–Trinajstić information content (AvgIpc) is 3.96. The van der Waals surface area contributed by atoms with Crippen LogP contribution in [0.25, 0.3) is 0 Å². The number of nitrogens with one attached hydrogen (secondary N) is 2. The molecule has 0 amide bonds. The van der Waals surface area contributed by atoms with Crippen molar-refractivity contribution < 1.29 is 58.4 Å². The highest BCUT2D eigenvalue weighted by Gasteiger charge is 2.59. The molecule has 0 spiro atoms. The Morgan fingerprint density at radius 1 is 0.983 bits per heavy atom. The number of methoxy groups -OCH3 is 1. The Bertz CT molecular complexity index is 1450. The molecule has 348 valence electrons. The third kappa shape index (κ3) is 10.5. The number of amidine groups is 1. The van der Waals surface area contributed by atoms with E-state index in [1.807, 2.05) is 34.7 Å². The predicted octanol–water partition coefficient (Wildman–Crippen LogP) is 2.85. The molecule has 0 aromatic carbocycles. The monoisotopic (exact) mass is 857 g/mol. The van der Waals surface area contributed by atoms with Crippen LogP contribution in [0, 0.1) is 17.8 Å². The first-order chi connectivity index (χ1) is 28.0. The Balaban J connectivity index is 1.56. The number of cyclic esters (lactones) is 1. The van der Waals surface area contributed by atoms with Crippen molar-refractivity contribution in [1.82, 2.24) is 15.5 Å². The van der Waals surface area contributed by atoms with Gasteiger partial charge in [-0.2, -0.15) is 0 Å². The first-order valence-corrected chi connectivity index (χ1v) is 22.7. The SMILES string of the molecule is CCCNC[C@]1(O)[C@H](C)O[C@@H](O[C@H]2[C@H](C)[C@@H](O[C@@H]3O[C@H](C)C[C@H]4[C@H]3OC(=NC3CC3)N4C)[C@](C)(O)C[C@@H](C)CN[C@H](C)[C@@H](O)[C@](C)(O)[C@@H](CC)OC(=O)[C@@H]2C)C[C@@]1(C)OC. The van der Waals surface area contributed by atoms with Crippen LogP contribution in [0.1, 0.15) is 121 Å². The molecule has 16 nitrogen and oxygen atoms in total. The van der Waals surface area contributed by atoms with Gasteiger partial charge >= 0.3 is 5.97 Å². The molecule has 0 aromatic heterocycles. The van der Waals surface area contributed by atoms with Crippen LogP contribution in [-0.2, 0) is 38.0 Å². The highest BCUT2D eigenvalue weighted by Crippen LogP contribution is 2.44. The van der Waals surface area contributed by atoms with Gasteiger partial charge in [0.15, 0.2) is 18.7 Å². The summed E-state index contributed by atoms with van der Waals surface area (Å²) in [5.74, 6) is -2.55. The minimum atomic E-state index is -1.81. The van der Waals surface area contributed by atoms with Crippen LogP contribution in [0.15, 0.2) is 4.99 Å². The number of rotatable bonds is 11. The smallest absolute Gasteiger partial charge is 0.311 e. The van der Waals surface area contributed by atoms with Crippen molar-refractivity contribution in [2.75, 3.05) is 33.8 Å². The molecule has 0 radical (unpaired) electrons. The number of ether oxygens (including phenoxy) is 7. The molecule has 1 saturated carbocycles. The molecule has 18 atom stereocenters. The number of esters is 1. The van der Waals surface area contributed by atoms with Gasteiger partial charge in [-0.1, -0.05) is 27.7 Å². The van der Waals surface area contributed by atoms with Gasteiger partial charge in [-0.15, -0.1) is 0 Å². The zero-order valence-corrected chi connectivity index (χ0v) is 38.7. The average molecular weight is 857 g/mol. The maximum Gasteiger partial charge on any atom is 0.311 e. The van der Waals surface area contributed by atoms with E-state index in [1.54, 1.807) is 41.7 Å². The van der Waals surface area contributed by atoms with E-state index in [2.05, 4.69) is 22.5 Å². The Hall–Kier alpha value is -1.70. The molecule has 16 heteroatoms. The van der Waals surface area contributed by atoms with Crippen molar-refractivity contribution in [3.63, 3.8) is 0 Å². The molecule has 0 aromatic rings. The van der Waals surface area contributed by atoms with E-state index in [4.69, 9.17) is 38.2 Å². The van der Waals surface area contributed by atoms with Gasteiger partial charge in [-0.05, 0) is 106 Å². The van der Waals surface area contributed by atoms with E-state index in [1.165, 1.54) is 6.92 Å². The number of aliphatic imine (C=N–C) groups is 1. The summed E-state index contributed by atoms with van der Waals surface area (Å²) in [6, 6.07) is 0.138. The normalized spacial score (nSPS) is 48.2. The predicted molar refractivity (Wildman–Crippen MR) is 225 cm³/mol. The van der Waals surface area contributed by atoms with Gasteiger partial charge in [0.2, 0.25) is 0 Å². The van der Waals surface area contributed by atoms with Crippen molar-refractivity contribution >= 4 is 12.0 Å². The summed E-state index contributed by atoms with van der Waals surface area (Å²) < 4.78 is 45.7. The molecule has 5 aliphatic rings. The lowest BCUT2D eigenvalue weighted by Gasteiger charge is -2.53. The van der Waals surface area contributed by atoms with Crippen LogP contribution in [0.4, 0.5) is 0 Å². The number of likely N-dealkylation sites (N-methyl/N-ethyl adjacent to an activating group) is 1. The fraction of sp³-hybridized carbons (Fsp3) is 0.955. The van der Waals surface area contributed by atoms with Gasteiger partial charge in [0.1, 0.15) is 29.0 Å². The first kappa shape index (κ1) is 49.3. The van der Waals surface area contributed by atoms with Crippen molar-refractivity contribution in [2.45, 2.75) is 217 Å². The second-order valence-corrected chi connectivity index (χ2v) is 19.6. The number of aliphatic hydroxyl groups is 4. The number of hydrogen-bond acceptors (Lipinski definition) is 15. The molecule has 0 unspecified atom stereocenters. The summed E-state index contributed by atoms with van der Waals surface area (Å²) in [5, 5.41) is 54.7. The van der Waals surface area contributed by atoms with Crippen molar-refractivity contribution in [1.29, 1.82) is 0 Å². The number of carbonyl (C=O) groups excluding carboxylic acids is 1. The van der Waals surface area contributed by atoms with Crippen LogP contribution >= 0.6 is 0 Å². The Labute approximate surface area is 358 Å². The number of carbonyl (C=O) groups is 1. The molecule has 1 aliphatic carbocycles. The molecular formula is C44H80N4O12. The fourth-order valence-electron chi connectivity index (χ4n) is 10.0. The van der Waals surface area contributed by atoms with Crippen LogP contribution in [0.5, 0.6) is 0 Å². The zero-order valence-electron chi connectivity index (χ0n) is 38.7. The van der Waals surface area contributed by atoms with Gasteiger partial charge in [0.05, 0.1) is 48.0 Å². The molecule has 5 rings (SSSR count). The van der Waals surface area contributed by atoms with Crippen molar-refractivity contribution in [3.8, 4) is 0 Å². The van der Waals surface area contributed by atoms with E-state index in [0.717, 1.165) is 19.3 Å². The number of aliphatic hydroxyl groups excluding tert-OH is 1. The summed E-state index contributed by atoms with van der Waals surface area (Å²) >= 11 is 0. The summed E-state index contributed by atoms with van der Waals surface area (Å²) in [6.07, 6.45) is -3.53. The topological polar surface area (TPSA) is 202 Å². The quantitative estimate of drug-likeness (QED) is 0.131. The van der Waals surface area contributed by atoms with Crippen LogP contribution in [0.2, 0.25) is 0 Å². The van der Waals surface area contributed by atoms with Crippen LogP contribution in [-0.4, -0.2) is 167 Å². The molecular weight excluding hydrogens is 776 g/mol. The minimum Gasteiger partial charge on any atom is -0.459 e. The molecule has 6 N–H and O–H groups in total. The maximum absolute atomic E-state index is 14.5. The van der Waals surface area contributed by atoms with E-state index in [9.17, 15) is 25.2 Å². The van der Waals surface area contributed by atoms with Gasteiger partial charge in [-0.3, -0.25) is 4.79 Å². The highest BCUT2D eigenvalue weighted by atomic mass is 16.7. The summed E-state index contributed by atoms with van der Waals surface area (Å²) in [4.78, 5) is 21.4. The number of hydrogen-bond donors (Lipinski definition) is 6. The summed E-state index contributed by atoms with van der Waals surface area (Å²) in [5.41, 5.74) is -5.89. The van der Waals surface area contributed by atoms with E-state index in [-0.39, 0.29) is 49.9 Å². The van der Waals surface area contributed by atoms with Gasteiger partial charge in [-0.25, -0.2) is 4.99 Å². The van der Waals surface area contributed by atoms with E-state index >= 15 is 0 Å². The standard InChI is InChI=1S/C44H80N4O12/c1-14-18-45-23-44(53)29(8)56-33(21-42(44,10)54-13)58-34-26(5)37(60-39-35-31(19-25(4)55-39)48(12)40(59-35)47-30-16-17-30)41(9,51)20-24(3)22-46-28(7)36(49)43(11,52)32(15-2)57-38(50)27(34)6/h24-37,39,45-46,49,51-53H,14-23H2,1-13H3/t24-,25-,26+,27-,28-,29+,31+,32-,33+,34+,35-,36-,37-,39+,41-,42-,43-,44+/m1/s1. The third-order valence-corrected chi connectivity index (χ3v) is 14.2. The second kappa shape index (κ2) is 19.6. The fourth-order valence-corrected chi connectivity index (χ4v) is 10.0. The molecule has 5 fully saturated rings. The Morgan fingerprint density at radius 2 is 1.67 bits per heavy atom. The van der Waals surface area contributed by atoms with Gasteiger partial charge in [0, 0.05) is 39.1 Å². The molecule has 0 bridgehead atoms. The summed E-state index contributed by atoms with van der Waals surface area (Å²) in [7, 11) is 3.53. The molecule has 4 heterocycles. The van der Waals surface area contributed by atoms with Crippen LogP contribution < -0.4 is 10.6 Å². The van der Waals surface area contributed by atoms with E-state index in [0.29, 0.717) is 25.5 Å². The van der Waals surface area contributed by atoms with Crippen molar-refractivity contribution in [3.05, 3.63) is 0 Å². The van der Waals surface area contributed by atoms with Gasteiger partial charge < -0.3 is 69.1 Å². The van der Waals surface area contributed by atoms with E-state index < -0.39 is 95.5 Å². The maximum atomic E-state index is 14.5. The lowest BCUT2D eigenvalue weighted by molar-refractivity contribution is -0.335. The number of fused-ring (bicyclic) bond motifs is 1. The largest absolute Gasteiger partial charge is 0.459 e. The molecule has 4 saturated heterocycles. The molecule has 60 heavy (non-hydrogen) atoms. The highest BCUT2D eigenvalue weighted by molar-refractivity contribution is 5.77. The lowest BCUT2D eigenvalue weighted by atomic mass is 9.75. The summed E-state index contributed by atoms with van der Waals surface area (Å²) in [6.45, 7) is 21.3. The second-order valence-electron chi connectivity index (χ2n) is 19.6. The zero-order chi connectivity index (χ0) is 44.5.